The molecule has 0 heterocycles. The maximum absolute atomic E-state index is 13.4. The van der Waals surface area contributed by atoms with E-state index in [9.17, 15) is 18.7 Å². The van der Waals surface area contributed by atoms with Crippen molar-refractivity contribution in [3.05, 3.63) is 29.8 Å². The van der Waals surface area contributed by atoms with Gasteiger partial charge in [0.2, 0.25) is 5.92 Å². The predicted molar refractivity (Wildman–Crippen MR) is 78.6 cm³/mol. The molecule has 2 aliphatic carbocycles. The van der Waals surface area contributed by atoms with E-state index < -0.39 is 18.0 Å². The zero-order valence-corrected chi connectivity index (χ0v) is 12.9. The van der Waals surface area contributed by atoms with Crippen LogP contribution in [0.2, 0.25) is 0 Å². The van der Waals surface area contributed by atoms with Crippen LogP contribution in [0, 0.1) is 11.8 Å². The van der Waals surface area contributed by atoms with E-state index >= 15 is 0 Å². The van der Waals surface area contributed by atoms with Gasteiger partial charge in [-0.25, -0.2) is 13.6 Å². The maximum atomic E-state index is 13.4. The molecule has 0 spiro atoms. The number of benzene rings is 1. The maximum Gasteiger partial charge on any atom is 0.337 e. The molecule has 3 rings (SSSR count). The number of alkyl halides is 2. The van der Waals surface area contributed by atoms with Gasteiger partial charge < -0.3 is 14.6 Å². The number of hydrogen-bond donors (Lipinski definition) is 1. The van der Waals surface area contributed by atoms with E-state index in [1.165, 1.54) is 7.11 Å². The van der Waals surface area contributed by atoms with E-state index in [1.54, 1.807) is 24.3 Å². The Morgan fingerprint density at radius 3 is 2.43 bits per heavy atom. The molecule has 1 N–H and O–H groups in total. The summed E-state index contributed by atoms with van der Waals surface area (Å²) in [6, 6.07) is 6.81. The molecule has 0 amide bonds. The van der Waals surface area contributed by atoms with Crippen LogP contribution in [0.1, 0.15) is 37.4 Å². The molecule has 4 atom stereocenters. The van der Waals surface area contributed by atoms with Crippen molar-refractivity contribution >= 4 is 5.97 Å². The number of fused-ring (bicyclic) bond motifs is 1. The van der Waals surface area contributed by atoms with E-state index in [4.69, 9.17) is 9.47 Å². The first-order chi connectivity index (χ1) is 10.9. The molecule has 0 aliphatic heterocycles. The van der Waals surface area contributed by atoms with Crippen LogP contribution in [0.3, 0.4) is 0 Å². The van der Waals surface area contributed by atoms with E-state index in [2.05, 4.69) is 0 Å². The second kappa shape index (κ2) is 6.07. The van der Waals surface area contributed by atoms with Crippen LogP contribution in [0.5, 0.6) is 5.75 Å². The smallest absolute Gasteiger partial charge is 0.337 e. The molecular weight excluding hydrogens is 306 g/mol. The van der Waals surface area contributed by atoms with Crippen molar-refractivity contribution in [2.24, 2.45) is 11.8 Å². The molecule has 1 aromatic carbocycles. The Morgan fingerprint density at radius 2 is 1.87 bits per heavy atom. The average Bonchev–Trinajstić information content (AvgIpc) is 2.97. The number of methoxy groups -OCH3 is 1. The summed E-state index contributed by atoms with van der Waals surface area (Å²) in [4.78, 5) is 11.6. The lowest BCUT2D eigenvalue weighted by atomic mass is 10.0. The van der Waals surface area contributed by atoms with Gasteiger partial charge in [-0.1, -0.05) is 18.2 Å². The number of ether oxygens (including phenoxy) is 2. The fourth-order valence-electron chi connectivity index (χ4n) is 3.96. The number of rotatable bonds is 5. The fourth-order valence-corrected chi connectivity index (χ4v) is 3.96. The van der Waals surface area contributed by atoms with Crippen LogP contribution in [0.25, 0.3) is 0 Å². The minimum atomic E-state index is -2.57. The quantitative estimate of drug-likeness (QED) is 0.897. The number of para-hydroxylation sites is 1. The molecule has 126 valence electrons. The van der Waals surface area contributed by atoms with Crippen LogP contribution in [-0.4, -0.2) is 30.2 Å². The number of carboxylic acid groups (broad SMARTS) is 1. The second-order valence-electron chi connectivity index (χ2n) is 6.47. The highest BCUT2D eigenvalue weighted by Gasteiger charge is 2.51. The van der Waals surface area contributed by atoms with E-state index in [1.807, 2.05) is 0 Å². The summed E-state index contributed by atoms with van der Waals surface area (Å²) >= 11 is 0. The number of halogens is 2. The number of carbonyl (C=O) groups is 1. The van der Waals surface area contributed by atoms with Gasteiger partial charge in [-0.05, 0) is 30.7 Å². The van der Waals surface area contributed by atoms with Gasteiger partial charge in [-0.2, -0.15) is 0 Å². The summed E-state index contributed by atoms with van der Waals surface area (Å²) in [5.41, 5.74) is 0.449. The van der Waals surface area contributed by atoms with Gasteiger partial charge >= 0.3 is 5.97 Å². The third-order valence-corrected chi connectivity index (χ3v) is 4.89. The largest absolute Gasteiger partial charge is 0.496 e. The molecule has 0 aromatic heterocycles. The van der Waals surface area contributed by atoms with Crippen molar-refractivity contribution < 1.29 is 28.2 Å². The standard InChI is InChI=1S/C17H20F2O4/c1-22-14-5-3-2-4-13(14)15(16(20)21)23-12-6-10-8-17(18,19)9-11(10)7-12/h2-5,10-12,15H,6-9H2,1H3,(H,20,21)/t10-,11+,12?,15?. The monoisotopic (exact) mass is 326 g/mol. The van der Waals surface area contributed by atoms with Crippen LogP contribution >= 0.6 is 0 Å². The average molecular weight is 326 g/mol. The third-order valence-electron chi connectivity index (χ3n) is 4.89. The normalized spacial score (nSPS) is 30.0. The summed E-state index contributed by atoms with van der Waals surface area (Å²) in [7, 11) is 1.47. The lowest BCUT2D eigenvalue weighted by Gasteiger charge is -2.22. The van der Waals surface area contributed by atoms with Gasteiger partial charge in [-0.3, -0.25) is 0 Å². The van der Waals surface area contributed by atoms with Crippen molar-refractivity contribution in [1.29, 1.82) is 0 Å². The first kappa shape index (κ1) is 16.2. The second-order valence-corrected chi connectivity index (χ2v) is 6.47. The highest BCUT2D eigenvalue weighted by molar-refractivity contribution is 5.75. The molecule has 2 saturated carbocycles. The Morgan fingerprint density at radius 1 is 1.26 bits per heavy atom. The first-order valence-electron chi connectivity index (χ1n) is 7.78. The van der Waals surface area contributed by atoms with Crippen molar-refractivity contribution in [2.75, 3.05) is 7.11 Å². The molecule has 0 radical (unpaired) electrons. The lowest BCUT2D eigenvalue weighted by molar-refractivity contribution is -0.155. The molecule has 23 heavy (non-hydrogen) atoms. The molecule has 1 aromatic rings. The van der Waals surface area contributed by atoms with Gasteiger partial charge in [0.05, 0.1) is 13.2 Å². The Hall–Kier alpha value is -1.69. The fraction of sp³-hybridized carbons (Fsp3) is 0.588. The topological polar surface area (TPSA) is 55.8 Å². The van der Waals surface area contributed by atoms with Crippen LogP contribution in [0.4, 0.5) is 8.78 Å². The SMILES string of the molecule is COc1ccccc1C(OC1C[C@@H]2CC(F)(F)C[C@@H]2C1)C(=O)O. The summed E-state index contributed by atoms with van der Waals surface area (Å²) in [6.07, 6.45) is -0.658. The van der Waals surface area contributed by atoms with Crippen molar-refractivity contribution in [3.8, 4) is 5.75 Å². The predicted octanol–water partition coefficient (Wildman–Crippen LogP) is 3.66. The Bertz CT molecular complexity index is 574. The molecule has 6 heteroatoms. The molecule has 0 bridgehead atoms. The Labute approximate surface area is 133 Å². The number of carboxylic acids is 1. The third kappa shape index (κ3) is 3.32. The summed E-state index contributed by atoms with van der Waals surface area (Å²) in [6.45, 7) is 0. The highest BCUT2D eigenvalue weighted by atomic mass is 19.3. The van der Waals surface area contributed by atoms with Crippen LogP contribution < -0.4 is 4.74 Å². The zero-order valence-electron chi connectivity index (χ0n) is 12.9. The van der Waals surface area contributed by atoms with Crippen molar-refractivity contribution in [2.45, 2.75) is 43.8 Å². The number of aliphatic carboxylic acids is 1. The van der Waals surface area contributed by atoms with Crippen LogP contribution in [-0.2, 0) is 9.53 Å². The van der Waals surface area contributed by atoms with Gasteiger partial charge in [-0.15, -0.1) is 0 Å². The Kier molecular flexibility index (Phi) is 4.27. The zero-order chi connectivity index (χ0) is 16.6. The summed E-state index contributed by atoms with van der Waals surface area (Å²) in [5.74, 6) is -3.36. The Balaban J connectivity index is 1.71. The molecular formula is C17H20F2O4. The van der Waals surface area contributed by atoms with E-state index in [0.29, 0.717) is 24.2 Å². The first-order valence-corrected chi connectivity index (χ1v) is 7.78. The summed E-state index contributed by atoms with van der Waals surface area (Å²) < 4.78 is 37.8. The minimum absolute atomic E-state index is 0.0675. The summed E-state index contributed by atoms with van der Waals surface area (Å²) in [5, 5.41) is 9.49. The van der Waals surface area contributed by atoms with E-state index in [-0.39, 0.29) is 30.8 Å². The molecule has 4 nitrogen and oxygen atoms in total. The molecule has 0 saturated heterocycles. The molecule has 2 aliphatic rings. The van der Waals surface area contributed by atoms with Crippen LogP contribution in [0.15, 0.2) is 24.3 Å². The van der Waals surface area contributed by atoms with E-state index in [0.717, 1.165) is 0 Å². The lowest BCUT2D eigenvalue weighted by Crippen LogP contribution is -2.23. The molecule has 2 unspecified atom stereocenters. The van der Waals surface area contributed by atoms with Gasteiger partial charge in [0.25, 0.3) is 0 Å². The van der Waals surface area contributed by atoms with Gasteiger partial charge in [0, 0.05) is 18.4 Å². The van der Waals surface area contributed by atoms with Gasteiger partial charge in [0.1, 0.15) is 5.75 Å². The van der Waals surface area contributed by atoms with Gasteiger partial charge in [0.15, 0.2) is 6.10 Å². The molecule has 2 fully saturated rings. The van der Waals surface area contributed by atoms with Crippen molar-refractivity contribution in [3.63, 3.8) is 0 Å². The number of hydrogen-bond acceptors (Lipinski definition) is 3. The minimum Gasteiger partial charge on any atom is -0.496 e. The highest BCUT2D eigenvalue weighted by Crippen LogP contribution is 2.52. The van der Waals surface area contributed by atoms with Crippen molar-refractivity contribution in [1.82, 2.24) is 0 Å².